The van der Waals surface area contributed by atoms with Crippen LogP contribution in [0.15, 0.2) is 51.4 Å². The van der Waals surface area contributed by atoms with E-state index in [-0.39, 0.29) is 11.9 Å². The van der Waals surface area contributed by atoms with Crippen molar-refractivity contribution < 1.29 is 4.79 Å². The Bertz CT molecular complexity index is 684. The number of benzene rings is 2. The molecule has 0 fully saturated rings. The Hall–Kier alpha value is -1.13. The van der Waals surface area contributed by atoms with Gasteiger partial charge >= 0.3 is 0 Å². The molecule has 0 aliphatic heterocycles. The number of carbonyl (C=O) groups is 1. The topological polar surface area (TPSA) is 29.1 Å². The highest BCUT2D eigenvalue weighted by molar-refractivity contribution is 9.11. The zero-order chi connectivity index (χ0) is 14.8. The summed E-state index contributed by atoms with van der Waals surface area (Å²) in [5.41, 5.74) is 3.44. The smallest absolute Gasteiger partial charge is 0.252 e. The van der Waals surface area contributed by atoms with Crippen molar-refractivity contribution >= 4 is 37.8 Å². The van der Waals surface area contributed by atoms with E-state index < -0.39 is 0 Å². The number of amides is 1. The van der Waals surface area contributed by atoms with Crippen molar-refractivity contribution in [2.45, 2.75) is 25.3 Å². The van der Waals surface area contributed by atoms with Crippen LogP contribution < -0.4 is 5.32 Å². The number of halogens is 2. The lowest BCUT2D eigenvalue weighted by molar-refractivity contribution is 0.0933. The zero-order valence-corrected chi connectivity index (χ0v) is 14.6. The molecule has 1 unspecified atom stereocenters. The average molecular weight is 409 g/mol. The van der Waals surface area contributed by atoms with Crippen molar-refractivity contribution in [3.05, 3.63) is 68.1 Å². The minimum absolute atomic E-state index is 0.0150. The van der Waals surface area contributed by atoms with E-state index in [2.05, 4.69) is 61.4 Å². The number of nitrogens with one attached hydrogen (secondary N) is 1. The van der Waals surface area contributed by atoms with Crippen LogP contribution in [0.25, 0.3) is 0 Å². The summed E-state index contributed by atoms with van der Waals surface area (Å²) in [6.07, 6.45) is 2.94. The third-order valence-electron chi connectivity index (χ3n) is 3.86. The van der Waals surface area contributed by atoms with E-state index in [1.54, 1.807) is 0 Å². The van der Waals surface area contributed by atoms with E-state index in [1.807, 2.05) is 18.2 Å². The van der Waals surface area contributed by atoms with Crippen molar-refractivity contribution in [3.8, 4) is 0 Å². The maximum absolute atomic E-state index is 12.4. The molecule has 0 saturated carbocycles. The van der Waals surface area contributed by atoms with Crippen LogP contribution >= 0.6 is 31.9 Å². The van der Waals surface area contributed by atoms with E-state index in [4.69, 9.17) is 0 Å². The third-order valence-corrected chi connectivity index (χ3v) is 5.01. The standard InChI is InChI=1S/C17H15Br2NO/c18-13-6-8-15(16(19)10-13)17(21)20-14-7-5-11-3-1-2-4-12(11)9-14/h1-4,6,8,10,14H,5,7,9H2,(H,20,21). The fourth-order valence-electron chi connectivity index (χ4n) is 2.76. The molecule has 108 valence electrons. The highest BCUT2D eigenvalue weighted by Crippen LogP contribution is 2.24. The molecule has 1 amide bonds. The Balaban J connectivity index is 1.71. The van der Waals surface area contributed by atoms with E-state index in [1.165, 1.54) is 11.1 Å². The van der Waals surface area contributed by atoms with E-state index in [9.17, 15) is 4.79 Å². The van der Waals surface area contributed by atoms with Crippen LogP contribution in [-0.2, 0) is 12.8 Å². The number of hydrogen-bond donors (Lipinski definition) is 1. The highest BCUT2D eigenvalue weighted by Gasteiger charge is 2.21. The maximum atomic E-state index is 12.4. The van der Waals surface area contributed by atoms with Gasteiger partial charge in [0.15, 0.2) is 0 Å². The Kier molecular flexibility index (Phi) is 4.45. The van der Waals surface area contributed by atoms with Gasteiger partial charge in [0.1, 0.15) is 0 Å². The second-order valence-corrected chi connectivity index (χ2v) is 7.08. The summed E-state index contributed by atoms with van der Waals surface area (Å²) in [6, 6.07) is 14.3. The molecule has 0 heterocycles. The lowest BCUT2D eigenvalue weighted by atomic mass is 9.88. The molecule has 1 aliphatic carbocycles. The fraction of sp³-hybridized carbons (Fsp3) is 0.235. The number of fused-ring (bicyclic) bond motifs is 1. The number of carbonyl (C=O) groups excluding carboxylic acids is 1. The van der Waals surface area contributed by atoms with Gasteiger partial charge in [-0.15, -0.1) is 0 Å². The summed E-state index contributed by atoms with van der Waals surface area (Å²) < 4.78 is 1.77. The summed E-state index contributed by atoms with van der Waals surface area (Å²) in [7, 11) is 0. The van der Waals surface area contributed by atoms with Gasteiger partial charge < -0.3 is 5.32 Å². The Morgan fingerprint density at radius 1 is 1.10 bits per heavy atom. The average Bonchev–Trinajstić information content (AvgIpc) is 2.47. The summed E-state index contributed by atoms with van der Waals surface area (Å²) in [5, 5.41) is 3.15. The molecular formula is C17H15Br2NO. The molecule has 0 aromatic heterocycles. The molecule has 1 atom stereocenters. The normalized spacial score (nSPS) is 17.1. The van der Waals surface area contributed by atoms with Crippen LogP contribution in [0.1, 0.15) is 27.9 Å². The lowest BCUT2D eigenvalue weighted by Gasteiger charge is -2.25. The molecule has 1 N–H and O–H groups in total. The zero-order valence-electron chi connectivity index (χ0n) is 11.4. The quantitative estimate of drug-likeness (QED) is 0.778. The molecule has 2 nitrogen and oxygen atoms in total. The lowest BCUT2D eigenvalue weighted by Crippen LogP contribution is -2.38. The van der Waals surface area contributed by atoms with Gasteiger partial charge in [0.25, 0.3) is 5.91 Å². The van der Waals surface area contributed by atoms with E-state index in [0.717, 1.165) is 28.2 Å². The number of hydrogen-bond acceptors (Lipinski definition) is 1. The van der Waals surface area contributed by atoms with Gasteiger partial charge in [0.05, 0.1) is 5.56 Å². The van der Waals surface area contributed by atoms with Crippen LogP contribution in [0.2, 0.25) is 0 Å². The van der Waals surface area contributed by atoms with Crippen molar-refractivity contribution in [2.75, 3.05) is 0 Å². The third kappa shape index (κ3) is 3.38. The maximum Gasteiger partial charge on any atom is 0.252 e. The molecule has 0 saturated heterocycles. The molecule has 0 spiro atoms. The van der Waals surface area contributed by atoms with Gasteiger partial charge in [-0.2, -0.15) is 0 Å². The minimum atomic E-state index is -0.0150. The van der Waals surface area contributed by atoms with Crippen LogP contribution in [0, 0.1) is 0 Å². The molecular weight excluding hydrogens is 394 g/mol. The fourth-order valence-corrected chi connectivity index (χ4v) is 3.98. The molecule has 2 aromatic rings. The Morgan fingerprint density at radius 3 is 2.62 bits per heavy atom. The summed E-state index contributed by atoms with van der Waals surface area (Å²) in [4.78, 5) is 12.4. The number of rotatable bonds is 2. The molecule has 4 heteroatoms. The second-order valence-electron chi connectivity index (χ2n) is 5.31. The SMILES string of the molecule is O=C(NC1CCc2ccccc2C1)c1ccc(Br)cc1Br. The van der Waals surface area contributed by atoms with Crippen molar-refractivity contribution in [1.82, 2.24) is 5.32 Å². The molecule has 2 aromatic carbocycles. The van der Waals surface area contributed by atoms with Crippen molar-refractivity contribution in [3.63, 3.8) is 0 Å². The first kappa shape index (κ1) is 14.8. The van der Waals surface area contributed by atoms with Crippen molar-refractivity contribution in [2.24, 2.45) is 0 Å². The van der Waals surface area contributed by atoms with Gasteiger partial charge in [-0.1, -0.05) is 40.2 Å². The minimum Gasteiger partial charge on any atom is -0.349 e. The predicted octanol–water partition coefficient (Wildman–Crippen LogP) is 4.50. The summed E-state index contributed by atoms with van der Waals surface area (Å²) in [5.74, 6) is -0.0150. The summed E-state index contributed by atoms with van der Waals surface area (Å²) >= 11 is 6.85. The highest BCUT2D eigenvalue weighted by atomic mass is 79.9. The molecule has 0 radical (unpaired) electrons. The van der Waals surface area contributed by atoms with Crippen LogP contribution in [-0.4, -0.2) is 11.9 Å². The van der Waals surface area contributed by atoms with E-state index >= 15 is 0 Å². The first-order chi connectivity index (χ1) is 10.1. The monoisotopic (exact) mass is 407 g/mol. The van der Waals surface area contributed by atoms with E-state index in [0.29, 0.717) is 5.56 Å². The Labute approximate surface area is 141 Å². The Morgan fingerprint density at radius 2 is 1.86 bits per heavy atom. The summed E-state index contributed by atoms with van der Waals surface area (Å²) in [6.45, 7) is 0. The van der Waals surface area contributed by atoms with Gasteiger partial charge in [0.2, 0.25) is 0 Å². The van der Waals surface area contributed by atoms with Gasteiger partial charge in [-0.3, -0.25) is 4.79 Å². The molecule has 3 rings (SSSR count). The molecule has 21 heavy (non-hydrogen) atoms. The largest absolute Gasteiger partial charge is 0.349 e. The van der Waals surface area contributed by atoms with Gasteiger partial charge in [-0.25, -0.2) is 0 Å². The van der Waals surface area contributed by atoms with Crippen molar-refractivity contribution in [1.29, 1.82) is 0 Å². The molecule has 0 bridgehead atoms. The van der Waals surface area contributed by atoms with Crippen LogP contribution in [0.3, 0.4) is 0 Å². The van der Waals surface area contributed by atoms with Gasteiger partial charge in [0, 0.05) is 15.0 Å². The molecule has 1 aliphatic rings. The number of aryl methyl sites for hydroxylation is 1. The van der Waals surface area contributed by atoms with Crippen LogP contribution in [0.5, 0.6) is 0 Å². The van der Waals surface area contributed by atoms with Crippen LogP contribution in [0.4, 0.5) is 0 Å². The predicted molar refractivity (Wildman–Crippen MR) is 91.6 cm³/mol. The first-order valence-electron chi connectivity index (χ1n) is 6.96. The first-order valence-corrected chi connectivity index (χ1v) is 8.55. The van der Waals surface area contributed by atoms with Gasteiger partial charge in [-0.05, 0) is 64.5 Å². The second kappa shape index (κ2) is 6.32.